The van der Waals surface area contributed by atoms with Gasteiger partial charge in [-0.1, -0.05) is 5.16 Å². The van der Waals surface area contributed by atoms with Gasteiger partial charge < -0.3 is 24.6 Å². The molecule has 4 heterocycles. The Balaban J connectivity index is 1.39. The number of benzene rings is 1. The number of aromatic nitrogens is 5. The maximum Gasteiger partial charge on any atom is 0.406 e. The molecule has 5 rings (SSSR count). The van der Waals surface area contributed by atoms with Crippen molar-refractivity contribution in [2.24, 2.45) is 0 Å². The molecule has 0 bridgehead atoms. The van der Waals surface area contributed by atoms with E-state index in [-0.39, 0.29) is 36.3 Å². The summed E-state index contributed by atoms with van der Waals surface area (Å²) in [7, 11) is 1.84. The predicted octanol–water partition coefficient (Wildman–Crippen LogP) is 4.59. The predicted molar refractivity (Wildman–Crippen MR) is 144 cm³/mol. The molecule has 41 heavy (non-hydrogen) atoms. The highest BCUT2D eigenvalue weighted by molar-refractivity contribution is 5.96. The summed E-state index contributed by atoms with van der Waals surface area (Å²) < 4.78 is 62.8. The summed E-state index contributed by atoms with van der Waals surface area (Å²) in [5.41, 5.74) is 1.24. The Morgan fingerprint density at radius 1 is 1.22 bits per heavy atom. The van der Waals surface area contributed by atoms with E-state index in [9.17, 15) is 22.4 Å². The van der Waals surface area contributed by atoms with Crippen LogP contribution in [0.15, 0.2) is 41.3 Å². The molecule has 1 fully saturated rings. The lowest BCUT2D eigenvalue weighted by Gasteiger charge is -2.33. The topological polar surface area (TPSA) is 106 Å². The molecule has 2 atom stereocenters. The van der Waals surface area contributed by atoms with E-state index in [0.29, 0.717) is 40.7 Å². The number of likely N-dealkylation sites (tertiary alicyclic amines) is 1. The van der Waals surface area contributed by atoms with Crippen molar-refractivity contribution in [3.63, 3.8) is 0 Å². The second kappa shape index (κ2) is 10.8. The van der Waals surface area contributed by atoms with Crippen LogP contribution in [-0.2, 0) is 18.6 Å². The standard InChI is InChI=1S/C27H32F4N8O2/c1-26(2,3)39-13-17(11-33-39)25(40)32-12-23-35-24(36-41-23)16-9-21(34-20-6-7-37(4)14-19(20)28)18-5-8-38(22(18)10-16)15-27(29,30)31/h5,8-11,13,19-20,34H,6-7,12,14-15H2,1-4H3,(H,32,40)/t19-,20+/m0/s1. The van der Waals surface area contributed by atoms with Crippen LogP contribution in [0.25, 0.3) is 22.3 Å². The third kappa shape index (κ3) is 6.53. The first-order valence-electron chi connectivity index (χ1n) is 13.2. The first-order valence-corrected chi connectivity index (χ1v) is 13.2. The van der Waals surface area contributed by atoms with Gasteiger partial charge in [0, 0.05) is 42.1 Å². The molecule has 14 heteroatoms. The van der Waals surface area contributed by atoms with Crippen molar-refractivity contribution in [2.45, 2.75) is 64.2 Å². The molecule has 220 valence electrons. The zero-order valence-corrected chi connectivity index (χ0v) is 23.2. The number of carbonyl (C=O) groups is 1. The van der Waals surface area contributed by atoms with Crippen LogP contribution < -0.4 is 10.6 Å². The van der Waals surface area contributed by atoms with Gasteiger partial charge in [0.15, 0.2) is 0 Å². The number of carbonyl (C=O) groups excluding carboxylic acids is 1. The Kier molecular flexibility index (Phi) is 7.53. The molecule has 1 aliphatic heterocycles. The van der Waals surface area contributed by atoms with E-state index in [1.807, 2.05) is 32.7 Å². The molecule has 0 radical (unpaired) electrons. The second-order valence-electron chi connectivity index (χ2n) is 11.4. The number of nitrogens with one attached hydrogen (secondary N) is 2. The number of halogens is 4. The highest BCUT2D eigenvalue weighted by Crippen LogP contribution is 2.34. The zero-order valence-electron chi connectivity index (χ0n) is 23.2. The maximum atomic E-state index is 14.8. The van der Waals surface area contributed by atoms with Crippen molar-refractivity contribution in [1.29, 1.82) is 0 Å². The normalized spacial score (nSPS) is 18.6. The highest BCUT2D eigenvalue weighted by Gasteiger charge is 2.30. The largest absolute Gasteiger partial charge is 0.406 e. The molecule has 0 aliphatic carbocycles. The zero-order chi connectivity index (χ0) is 29.5. The van der Waals surface area contributed by atoms with Crippen molar-refractivity contribution >= 4 is 22.5 Å². The van der Waals surface area contributed by atoms with Gasteiger partial charge in [0.25, 0.3) is 5.91 Å². The number of hydrogen-bond acceptors (Lipinski definition) is 7. The van der Waals surface area contributed by atoms with E-state index in [4.69, 9.17) is 4.52 Å². The smallest absolute Gasteiger partial charge is 0.379 e. The molecule has 1 aromatic carbocycles. The Morgan fingerprint density at radius 2 is 2.00 bits per heavy atom. The molecule has 0 unspecified atom stereocenters. The summed E-state index contributed by atoms with van der Waals surface area (Å²) in [6, 6.07) is 4.30. The van der Waals surface area contributed by atoms with E-state index < -0.39 is 24.9 Å². The van der Waals surface area contributed by atoms with Gasteiger partial charge in [-0.25, -0.2) is 4.39 Å². The van der Waals surface area contributed by atoms with Crippen molar-refractivity contribution in [2.75, 3.05) is 25.5 Å². The number of hydrogen-bond donors (Lipinski definition) is 2. The molecule has 3 aromatic heterocycles. The lowest BCUT2D eigenvalue weighted by Crippen LogP contribution is -2.46. The van der Waals surface area contributed by atoms with Gasteiger partial charge in [0.05, 0.1) is 35.4 Å². The van der Waals surface area contributed by atoms with Crippen molar-refractivity contribution < 1.29 is 26.9 Å². The summed E-state index contributed by atoms with van der Waals surface area (Å²) in [5.74, 6) is -0.146. The third-order valence-electron chi connectivity index (χ3n) is 6.98. The minimum Gasteiger partial charge on any atom is -0.379 e. The van der Waals surface area contributed by atoms with Gasteiger partial charge in [0.1, 0.15) is 12.7 Å². The first kappa shape index (κ1) is 28.6. The quantitative estimate of drug-likeness (QED) is 0.310. The van der Waals surface area contributed by atoms with Gasteiger partial charge in [-0.05, 0) is 52.4 Å². The highest BCUT2D eigenvalue weighted by atomic mass is 19.4. The van der Waals surface area contributed by atoms with E-state index >= 15 is 0 Å². The van der Waals surface area contributed by atoms with Crippen LogP contribution in [0.5, 0.6) is 0 Å². The molecule has 1 amide bonds. The van der Waals surface area contributed by atoms with Crippen molar-refractivity contribution in [3.05, 3.63) is 48.2 Å². The molecule has 1 saturated heterocycles. The fraction of sp³-hybridized carbons (Fsp3) is 0.481. The summed E-state index contributed by atoms with van der Waals surface area (Å²) in [4.78, 5) is 18.8. The number of rotatable bonds is 7. The summed E-state index contributed by atoms with van der Waals surface area (Å²) >= 11 is 0. The Bertz CT molecular complexity index is 1530. The number of piperidine rings is 1. The van der Waals surface area contributed by atoms with Gasteiger partial charge in [-0.15, -0.1) is 0 Å². The average molecular weight is 577 g/mol. The molecule has 0 spiro atoms. The Morgan fingerprint density at radius 3 is 2.68 bits per heavy atom. The minimum absolute atomic E-state index is 0.0660. The molecule has 4 aromatic rings. The van der Waals surface area contributed by atoms with E-state index in [2.05, 4.69) is 25.9 Å². The van der Waals surface area contributed by atoms with E-state index in [1.165, 1.54) is 12.4 Å². The molecule has 0 saturated carbocycles. The van der Waals surface area contributed by atoms with Crippen LogP contribution in [0, 0.1) is 0 Å². The Labute approximate surface area is 233 Å². The van der Waals surface area contributed by atoms with Crippen LogP contribution in [0.1, 0.15) is 43.4 Å². The molecule has 2 N–H and O–H groups in total. The fourth-order valence-electron chi connectivity index (χ4n) is 4.80. The lowest BCUT2D eigenvalue weighted by molar-refractivity contribution is -0.139. The summed E-state index contributed by atoms with van der Waals surface area (Å²) in [5, 5.41) is 14.6. The Hall–Kier alpha value is -3.94. The molecule has 10 nitrogen and oxygen atoms in total. The van der Waals surface area contributed by atoms with Crippen LogP contribution >= 0.6 is 0 Å². The summed E-state index contributed by atoms with van der Waals surface area (Å²) in [6.07, 6.45) is -0.595. The SMILES string of the molecule is CN1CC[C@@H](Nc2cc(-c3noc(CNC(=O)c4cnn(C(C)(C)C)c4)n3)cc3c2ccn3CC(F)(F)F)[C@@H](F)C1. The maximum absolute atomic E-state index is 14.8. The minimum atomic E-state index is -4.44. The lowest BCUT2D eigenvalue weighted by atomic mass is 10.0. The first-order chi connectivity index (χ1) is 19.3. The molecule has 1 aliphatic rings. The van der Waals surface area contributed by atoms with Gasteiger partial charge >= 0.3 is 6.18 Å². The van der Waals surface area contributed by atoms with Gasteiger partial charge in [-0.2, -0.15) is 23.3 Å². The number of anilines is 1. The van der Waals surface area contributed by atoms with Crippen molar-refractivity contribution in [3.8, 4) is 11.4 Å². The van der Waals surface area contributed by atoms with Crippen LogP contribution in [0.2, 0.25) is 0 Å². The van der Waals surface area contributed by atoms with E-state index in [1.54, 1.807) is 29.1 Å². The van der Waals surface area contributed by atoms with Crippen LogP contribution in [0.4, 0.5) is 23.2 Å². The third-order valence-corrected chi connectivity index (χ3v) is 6.98. The molecular weight excluding hydrogens is 544 g/mol. The van der Waals surface area contributed by atoms with E-state index in [0.717, 1.165) is 4.57 Å². The van der Waals surface area contributed by atoms with Crippen molar-refractivity contribution in [1.82, 2.24) is 34.7 Å². The van der Waals surface area contributed by atoms with Crippen LogP contribution in [-0.4, -0.2) is 73.8 Å². The number of nitrogens with zero attached hydrogens (tertiary/aromatic N) is 6. The monoisotopic (exact) mass is 576 g/mol. The van der Waals surface area contributed by atoms with Crippen LogP contribution in [0.3, 0.4) is 0 Å². The second-order valence-corrected chi connectivity index (χ2v) is 11.4. The number of fused-ring (bicyclic) bond motifs is 1. The summed E-state index contributed by atoms with van der Waals surface area (Å²) in [6.45, 7) is 5.58. The number of alkyl halides is 4. The fourth-order valence-corrected chi connectivity index (χ4v) is 4.80. The van der Waals surface area contributed by atoms with Gasteiger partial charge in [-0.3, -0.25) is 9.48 Å². The molecular formula is C27H32F4N8O2. The average Bonchev–Trinajstić information content (AvgIpc) is 3.63. The number of amides is 1. The van der Waals surface area contributed by atoms with Gasteiger partial charge in [0.2, 0.25) is 11.7 Å².